The van der Waals surface area contributed by atoms with Crippen molar-refractivity contribution in [2.45, 2.75) is 13.8 Å². The number of hydrogen-bond acceptors (Lipinski definition) is 5. The molecule has 1 amide bonds. The first kappa shape index (κ1) is 13.1. The van der Waals surface area contributed by atoms with Gasteiger partial charge >= 0.3 is 5.97 Å². The van der Waals surface area contributed by atoms with Gasteiger partial charge in [0.15, 0.2) is 5.69 Å². The average Bonchev–Trinajstić information content (AvgIpc) is 2.18. The Labute approximate surface area is 97.1 Å². The lowest BCUT2D eigenvalue weighted by Crippen LogP contribution is -2.99. The van der Waals surface area contributed by atoms with Crippen LogP contribution in [0.2, 0.25) is 0 Å². The highest BCUT2D eigenvalue weighted by atomic mass is 16.8. The normalized spacial score (nSPS) is 11.8. The number of quaternary nitrogens is 1. The number of carbonyl (C=O) groups is 2. The maximum atomic E-state index is 10.9. The predicted octanol–water partition coefficient (Wildman–Crippen LogP) is -0.0263. The van der Waals surface area contributed by atoms with Crippen LogP contribution in [0.3, 0.4) is 0 Å². The molecule has 0 heterocycles. The first-order valence-electron chi connectivity index (χ1n) is 4.73. The van der Waals surface area contributed by atoms with Gasteiger partial charge in [0, 0.05) is 19.9 Å². The number of ether oxygens (including phenoxy) is 1. The summed E-state index contributed by atoms with van der Waals surface area (Å²) in [5.41, 5.74) is 0.0138. The summed E-state index contributed by atoms with van der Waals surface area (Å²) in [5.74, 6) is -0.814. The zero-order valence-electron chi connectivity index (χ0n) is 9.31. The Kier molecular flexibility index (Phi) is 4.16. The Hall–Kier alpha value is -1.96. The van der Waals surface area contributed by atoms with E-state index in [0.717, 1.165) is 0 Å². The van der Waals surface area contributed by atoms with Gasteiger partial charge < -0.3 is 15.3 Å². The number of hydrogen-bond donors (Lipinski definition) is 3. The number of nitrogens with one attached hydrogen (secondary N) is 2. The second-order valence-corrected chi connectivity index (χ2v) is 3.29. The summed E-state index contributed by atoms with van der Waals surface area (Å²) in [6, 6.07) is 3.94. The van der Waals surface area contributed by atoms with E-state index in [1.165, 1.54) is 32.0 Å². The van der Waals surface area contributed by atoms with Crippen molar-refractivity contribution in [3.8, 4) is 5.75 Å². The molecule has 3 N–H and O–H groups in total. The Morgan fingerprint density at radius 1 is 1.41 bits per heavy atom. The van der Waals surface area contributed by atoms with Gasteiger partial charge in [0.2, 0.25) is 5.91 Å². The molecule has 1 rings (SSSR count). The molecule has 0 bridgehead atoms. The van der Waals surface area contributed by atoms with Crippen LogP contribution in [0.1, 0.15) is 13.8 Å². The highest BCUT2D eigenvalue weighted by molar-refractivity contribution is 5.91. The number of rotatable bonds is 3. The molecule has 0 saturated carbocycles. The van der Waals surface area contributed by atoms with E-state index in [0.29, 0.717) is 0 Å². The zero-order valence-corrected chi connectivity index (χ0v) is 9.31. The van der Waals surface area contributed by atoms with Crippen molar-refractivity contribution in [2.75, 3.05) is 5.32 Å². The molecule has 1 aromatic carbocycles. The van der Waals surface area contributed by atoms with Gasteiger partial charge in [-0.05, 0) is 12.1 Å². The molecule has 1 atom stereocenters. The molecule has 7 heteroatoms. The van der Waals surface area contributed by atoms with Gasteiger partial charge in [-0.15, -0.1) is 0 Å². The highest BCUT2D eigenvalue weighted by Crippen LogP contribution is 2.24. The molecule has 92 valence electrons. The first-order chi connectivity index (χ1) is 7.90. The molecule has 0 aliphatic carbocycles. The van der Waals surface area contributed by atoms with E-state index in [1.807, 2.05) is 0 Å². The van der Waals surface area contributed by atoms with E-state index >= 15 is 0 Å². The van der Waals surface area contributed by atoms with Gasteiger partial charge in [0.05, 0.1) is 0 Å². The highest BCUT2D eigenvalue weighted by Gasteiger charge is 2.12. The lowest BCUT2D eigenvalue weighted by atomic mass is 10.2. The summed E-state index contributed by atoms with van der Waals surface area (Å²) >= 11 is 0. The zero-order chi connectivity index (χ0) is 13.0. The van der Waals surface area contributed by atoms with E-state index in [-0.39, 0.29) is 23.0 Å². The van der Waals surface area contributed by atoms with Crippen molar-refractivity contribution >= 4 is 23.3 Å². The summed E-state index contributed by atoms with van der Waals surface area (Å²) in [5, 5.41) is 21.1. The topological polar surface area (TPSA) is 103 Å². The van der Waals surface area contributed by atoms with E-state index in [4.69, 9.17) is 9.94 Å². The molecule has 17 heavy (non-hydrogen) atoms. The number of carbonyl (C=O) groups excluding carboxylic acids is 2. The van der Waals surface area contributed by atoms with Gasteiger partial charge in [0.1, 0.15) is 11.4 Å². The number of amides is 1. The quantitative estimate of drug-likeness (QED) is 0.391. The average molecular weight is 240 g/mol. The lowest BCUT2D eigenvalue weighted by molar-refractivity contribution is -0.990. The third-order valence-electron chi connectivity index (χ3n) is 1.79. The molecular formula is C10H12N2O5. The Balaban J connectivity index is 3.07. The van der Waals surface area contributed by atoms with Crippen LogP contribution >= 0.6 is 0 Å². The Bertz CT molecular complexity index is 444. The van der Waals surface area contributed by atoms with Crippen LogP contribution in [0.15, 0.2) is 18.2 Å². The van der Waals surface area contributed by atoms with Crippen LogP contribution in [0.4, 0.5) is 11.4 Å². The van der Waals surface area contributed by atoms with Crippen LogP contribution in [0, 0.1) is 5.21 Å². The van der Waals surface area contributed by atoms with Crippen LogP contribution < -0.4 is 15.3 Å². The largest absolute Gasteiger partial charge is 0.595 e. The maximum absolute atomic E-state index is 10.9. The number of anilines is 1. The van der Waals surface area contributed by atoms with Gasteiger partial charge in [-0.3, -0.25) is 9.59 Å². The minimum atomic E-state index is -1.22. The number of benzene rings is 1. The fourth-order valence-electron chi connectivity index (χ4n) is 1.23. The van der Waals surface area contributed by atoms with Gasteiger partial charge in [-0.2, -0.15) is 5.23 Å². The smallest absolute Gasteiger partial charge is 0.308 e. The molecule has 0 aliphatic rings. The third-order valence-corrected chi connectivity index (χ3v) is 1.79. The van der Waals surface area contributed by atoms with Crippen LogP contribution in [0.5, 0.6) is 5.75 Å². The van der Waals surface area contributed by atoms with Crippen molar-refractivity contribution in [1.82, 2.24) is 0 Å². The molecule has 0 aliphatic heterocycles. The van der Waals surface area contributed by atoms with E-state index in [1.54, 1.807) is 0 Å². The van der Waals surface area contributed by atoms with Crippen LogP contribution in [-0.2, 0) is 9.59 Å². The molecule has 1 aromatic rings. The van der Waals surface area contributed by atoms with E-state index < -0.39 is 11.2 Å². The minimum Gasteiger partial charge on any atom is -0.595 e. The fraction of sp³-hybridized carbons (Fsp3) is 0.200. The SMILES string of the molecule is CC(=O)Nc1ccc(OC(C)=O)cc1[NH+]([O-])O. The maximum Gasteiger partial charge on any atom is 0.308 e. The van der Waals surface area contributed by atoms with Crippen molar-refractivity contribution in [3.05, 3.63) is 23.4 Å². The lowest BCUT2D eigenvalue weighted by Gasteiger charge is -2.16. The summed E-state index contributed by atoms with van der Waals surface area (Å²) in [6.45, 7) is 2.48. The van der Waals surface area contributed by atoms with Crippen molar-refractivity contribution in [1.29, 1.82) is 0 Å². The molecular weight excluding hydrogens is 228 g/mol. The Morgan fingerprint density at radius 2 is 2.06 bits per heavy atom. The Morgan fingerprint density at radius 3 is 2.53 bits per heavy atom. The van der Waals surface area contributed by atoms with Crippen LogP contribution in [-0.4, -0.2) is 17.1 Å². The van der Waals surface area contributed by atoms with Gasteiger partial charge in [0.25, 0.3) is 0 Å². The molecule has 7 nitrogen and oxygen atoms in total. The molecule has 0 saturated heterocycles. The van der Waals surface area contributed by atoms with Gasteiger partial charge in [-0.1, -0.05) is 0 Å². The molecule has 0 spiro atoms. The first-order valence-corrected chi connectivity index (χ1v) is 4.73. The predicted molar refractivity (Wildman–Crippen MR) is 57.8 cm³/mol. The summed E-state index contributed by atoms with van der Waals surface area (Å²) in [4.78, 5) is 21.6. The molecule has 0 fully saturated rings. The molecule has 0 radical (unpaired) electrons. The van der Waals surface area contributed by atoms with Crippen LogP contribution in [0.25, 0.3) is 0 Å². The fourth-order valence-corrected chi connectivity index (χ4v) is 1.23. The second-order valence-electron chi connectivity index (χ2n) is 3.29. The van der Waals surface area contributed by atoms with Crippen molar-refractivity contribution in [2.24, 2.45) is 0 Å². The minimum absolute atomic E-state index is 0.115. The van der Waals surface area contributed by atoms with Crippen molar-refractivity contribution < 1.29 is 24.8 Å². The van der Waals surface area contributed by atoms with E-state index in [2.05, 4.69) is 5.32 Å². The summed E-state index contributed by atoms with van der Waals surface area (Å²) < 4.78 is 4.75. The third kappa shape index (κ3) is 3.83. The van der Waals surface area contributed by atoms with Gasteiger partial charge in [-0.25, -0.2) is 5.21 Å². The summed E-state index contributed by atoms with van der Waals surface area (Å²) in [6.07, 6.45) is 0. The molecule has 1 unspecified atom stereocenters. The molecule has 0 aromatic heterocycles. The monoisotopic (exact) mass is 240 g/mol. The standard InChI is InChI=1S/C10H12N2O5/c1-6(13)11-9-4-3-8(17-7(2)14)5-10(9)12(15)16/h3-5,12,15H,1-2H3,(H,11,13). The van der Waals surface area contributed by atoms with E-state index in [9.17, 15) is 14.8 Å². The van der Waals surface area contributed by atoms with Crippen molar-refractivity contribution in [3.63, 3.8) is 0 Å². The second kappa shape index (κ2) is 5.39. The number of esters is 1. The summed E-state index contributed by atoms with van der Waals surface area (Å²) in [7, 11) is 0.